The van der Waals surface area contributed by atoms with Crippen molar-refractivity contribution >= 4 is 17.3 Å². The Labute approximate surface area is 105 Å². The second-order valence-electron chi connectivity index (χ2n) is 4.06. The van der Waals surface area contributed by atoms with E-state index in [-0.39, 0.29) is 6.04 Å². The van der Waals surface area contributed by atoms with Crippen LogP contribution in [-0.4, -0.2) is 6.61 Å². The third-order valence-corrected chi connectivity index (χ3v) is 3.11. The first kappa shape index (κ1) is 10.5. The molecule has 1 N–H and O–H groups in total. The van der Waals surface area contributed by atoms with Crippen molar-refractivity contribution in [2.75, 3.05) is 11.9 Å². The maximum Gasteiger partial charge on any atom is 0.142 e. The summed E-state index contributed by atoms with van der Waals surface area (Å²) in [4.78, 5) is 0. The van der Waals surface area contributed by atoms with E-state index >= 15 is 0 Å². The Morgan fingerprint density at radius 1 is 1.12 bits per heavy atom. The van der Waals surface area contributed by atoms with Crippen LogP contribution in [0.1, 0.15) is 11.6 Å². The fourth-order valence-electron chi connectivity index (χ4n) is 2.01. The molecule has 0 bridgehead atoms. The number of anilines is 1. The lowest BCUT2D eigenvalue weighted by Gasteiger charge is -2.27. The zero-order chi connectivity index (χ0) is 11.7. The predicted octanol–water partition coefficient (Wildman–Crippen LogP) is 3.89. The summed E-state index contributed by atoms with van der Waals surface area (Å²) in [5.41, 5.74) is 2.18. The number of fused-ring (bicyclic) bond motifs is 1. The van der Waals surface area contributed by atoms with Crippen LogP contribution in [0.4, 0.5) is 5.69 Å². The minimum absolute atomic E-state index is 0.183. The van der Waals surface area contributed by atoms with Crippen LogP contribution in [0.3, 0.4) is 0 Å². The monoisotopic (exact) mass is 245 g/mol. The van der Waals surface area contributed by atoms with Crippen LogP contribution in [0.25, 0.3) is 0 Å². The molecule has 0 radical (unpaired) electrons. The number of benzene rings is 2. The third-order valence-electron chi connectivity index (χ3n) is 2.88. The Morgan fingerprint density at radius 3 is 2.76 bits per heavy atom. The molecule has 1 heterocycles. The van der Waals surface area contributed by atoms with Gasteiger partial charge in [0.15, 0.2) is 0 Å². The fourth-order valence-corrected chi connectivity index (χ4v) is 2.18. The largest absolute Gasteiger partial charge is 0.489 e. The molecule has 0 unspecified atom stereocenters. The third kappa shape index (κ3) is 2.08. The van der Waals surface area contributed by atoms with E-state index in [1.165, 1.54) is 5.56 Å². The number of hydrogen-bond acceptors (Lipinski definition) is 2. The van der Waals surface area contributed by atoms with E-state index in [0.29, 0.717) is 11.6 Å². The van der Waals surface area contributed by atoms with E-state index < -0.39 is 0 Å². The highest BCUT2D eigenvalue weighted by Crippen LogP contribution is 2.35. The minimum Gasteiger partial charge on any atom is -0.489 e. The van der Waals surface area contributed by atoms with Crippen molar-refractivity contribution in [3.05, 3.63) is 59.1 Å². The van der Waals surface area contributed by atoms with Gasteiger partial charge in [-0.3, -0.25) is 0 Å². The van der Waals surface area contributed by atoms with Crippen LogP contribution >= 0.6 is 11.6 Å². The minimum atomic E-state index is 0.183. The second kappa shape index (κ2) is 4.30. The summed E-state index contributed by atoms with van der Waals surface area (Å²) in [5, 5.41) is 4.16. The van der Waals surface area contributed by atoms with Gasteiger partial charge in [-0.2, -0.15) is 0 Å². The zero-order valence-electron chi connectivity index (χ0n) is 9.19. The molecule has 0 amide bonds. The second-order valence-corrected chi connectivity index (χ2v) is 4.50. The first-order valence-electron chi connectivity index (χ1n) is 5.57. The van der Waals surface area contributed by atoms with Gasteiger partial charge in [-0.25, -0.2) is 0 Å². The highest BCUT2D eigenvalue weighted by Gasteiger charge is 2.19. The van der Waals surface area contributed by atoms with Crippen molar-refractivity contribution in [2.24, 2.45) is 0 Å². The van der Waals surface area contributed by atoms with Gasteiger partial charge in [0.25, 0.3) is 0 Å². The summed E-state index contributed by atoms with van der Waals surface area (Å²) < 4.78 is 5.72. The average Bonchev–Trinajstić information content (AvgIpc) is 2.39. The molecule has 3 heteroatoms. The molecule has 1 atom stereocenters. The van der Waals surface area contributed by atoms with Gasteiger partial charge in [-0.05, 0) is 23.8 Å². The summed E-state index contributed by atoms with van der Waals surface area (Å²) in [6.45, 7) is 0.638. The first-order valence-corrected chi connectivity index (χ1v) is 5.94. The van der Waals surface area contributed by atoms with Crippen molar-refractivity contribution in [3.8, 4) is 5.75 Å². The standard InChI is InChI=1S/C14H12ClNO/c15-11-6-7-14-12(8-11)16-13(9-17-14)10-4-2-1-3-5-10/h1-8,13,16H,9H2/t13-/m1/s1. The van der Waals surface area contributed by atoms with Crippen molar-refractivity contribution in [1.82, 2.24) is 0 Å². The SMILES string of the molecule is Clc1ccc2c(c1)N[C@@H](c1ccccc1)CO2. The summed E-state index contributed by atoms with van der Waals surface area (Å²) >= 11 is 5.97. The molecule has 1 aliphatic rings. The number of rotatable bonds is 1. The lowest BCUT2D eigenvalue weighted by Crippen LogP contribution is -2.23. The quantitative estimate of drug-likeness (QED) is 0.823. The molecule has 0 aromatic heterocycles. The topological polar surface area (TPSA) is 21.3 Å². The van der Waals surface area contributed by atoms with Gasteiger partial charge >= 0.3 is 0 Å². The number of hydrogen-bond donors (Lipinski definition) is 1. The summed E-state index contributed by atoms with van der Waals surface area (Å²) in [6.07, 6.45) is 0. The van der Waals surface area contributed by atoms with Gasteiger partial charge in [0.2, 0.25) is 0 Å². The van der Waals surface area contributed by atoms with Crippen molar-refractivity contribution in [2.45, 2.75) is 6.04 Å². The Bertz CT molecular complexity index is 527. The van der Waals surface area contributed by atoms with Crippen LogP contribution in [0.5, 0.6) is 5.75 Å². The van der Waals surface area contributed by atoms with Gasteiger partial charge in [0.05, 0.1) is 11.7 Å². The Morgan fingerprint density at radius 2 is 1.94 bits per heavy atom. The van der Waals surface area contributed by atoms with E-state index in [9.17, 15) is 0 Å². The molecule has 0 saturated carbocycles. The highest BCUT2D eigenvalue weighted by atomic mass is 35.5. The molecule has 0 fully saturated rings. The smallest absolute Gasteiger partial charge is 0.142 e. The Balaban J connectivity index is 1.90. The zero-order valence-corrected chi connectivity index (χ0v) is 9.95. The fraction of sp³-hybridized carbons (Fsp3) is 0.143. The molecule has 0 saturated heterocycles. The molecule has 86 valence electrons. The lowest BCUT2D eigenvalue weighted by molar-refractivity contribution is 0.286. The van der Waals surface area contributed by atoms with Gasteiger partial charge in [-0.1, -0.05) is 41.9 Å². The van der Waals surface area contributed by atoms with Crippen LogP contribution in [0.2, 0.25) is 5.02 Å². The molecular formula is C14H12ClNO. The Hall–Kier alpha value is -1.67. The Kier molecular flexibility index (Phi) is 2.65. The van der Waals surface area contributed by atoms with Crippen LogP contribution in [0, 0.1) is 0 Å². The van der Waals surface area contributed by atoms with E-state index in [2.05, 4.69) is 17.4 Å². The van der Waals surface area contributed by atoms with Gasteiger partial charge < -0.3 is 10.1 Å². The maximum atomic E-state index is 5.97. The van der Waals surface area contributed by atoms with Gasteiger partial charge in [0.1, 0.15) is 12.4 Å². The van der Waals surface area contributed by atoms with E-state index in [4.69, 9.17) is 16.3 Å². The van der Waals surface area contributed by atoms with Crippen LogP contribution < -0.4 is 10.1 Å². The van der Waals surface area contributed by atoms with Crippen LogP contribution in [0.15, 0.2) is 48.5 Å². The maximum absolute atomic E-state index is 5.97. The summed E-state index contributed by atoms with van der Waals surface area (Å²) in [7, 11) is 0. The molecule has 2 nitrogen and oxygen atoms in total. The van der Waals surface area contributed by atoms with Gasteiger partial charge in [-0.15, -0.1) is 0 Å². The number of halogens is 1. The van der Waals surface area contributed by atoms with Crippen molar-refractivity contribution in [3.63, 3.8) is 0 Å². The predicted molar refractivity (Wildman–Crippen MR) is 69.8 cm³/mol. The van der Waals surface area contributed by atoms with E-state index in [1.54, 1.807) is 0 Å². The molecule has 3 rings (SSSR count). The molecule has 1 aliphatic heterocycles. The molecule has 2 aromatic carbocycles. The summed E-state index contributed by atoms with van der Waals surface area (Å²) in [5.74, 6) is 0.863. The lowest BCUT2D eigenvalue weighted by atomic mass is 10.1. The molecular weight excluding hydrogens is 234 g/mol. The molecule has 2 aromatic rings. The summed E-state index contributed by atoms with van der Waals surface area (Å²) in [6, 6.07) is 16.1. The molecule has 0 spiro atoms. The molecule has 0 aliphatic carbocycles. The number of nitrogens with one attached hydrogen (secondary N) is 1. The average molecular weight is 246 g/mol. The van der Waals surface area contributed by atoms with Crippen molar-refractivity contribution < 1.29 is 4.74 Å². The highest BCUT2D eigenvalue weighted by molar-refractivity contribution is 6.30. The first-order chi connectivity index (χ1) is 8.33. The molecule has 17 heavy (non-hydrogen) atoms. The normalized spacial score (nSPS) is 17.8. The number of ether oxygens (including phenoxy) is 1. The van der Waals surface area contributed by atoms with E-state index in [0.717, 1.165) is 11.4 Å². The van der Waals surface area contributed by atoms with E-state index in [1.807, 2.05) is 36.4 Å². The van der Waals surface area contributed by atoms with Gasteiger partial charge in [0, 0.05) is 5.02 Å². The van der Waals surface area contributed by atoms with Crippen LogP contribution in [-0.2, 0) is 0 Å². The van der Waals surface area contributed by atoms with Crippen molar-refractivity contribution in [1.29, 1.82) is 0 Å².